The van der Waals surface area contributed by atoms with E-state index in [0.29, 0.717) is 32.5 Å². The number of esters is 1. The first-order valence-electron chi connectivity index (χ1n) is 10.0. The SMILES string of the molecule is CCOC(=O)COc1ccc(/C=C2/SC(=Nc3cccc(C(=O)O)c3)N(CC)C2=O)cc1Br. The molecule has 0 unspecified atom stereocenters. The Balaban J connectivity index is 1.81. The third kappa shape index (κ3) is 6.23. The van der Waals surface area contributed by atoms with Crippen LogP contribution < -0.4 is 4.74 Å². The number of carbonyl (C=O) groups excluding carboxylic acids is 2. The Morgan fingerprint density at radius 1 is 1.21 bits per heavy atom. The summed E-state index contributed by atoms with van der Waals surface area (Å²) in [6, 6.07) is 11.5. The van der Waals surface area contributed by atoms with Crippen LogP contribution in [0.4, 0.5) is 5.69 Å². The lowest BCUT2D eigenvalue weighted by atomic mass is 10.2. The van der Waals surface area contributed by atoms with Crippen molar-refractivity contribution in [2.75, 3.05) is 19.8 Å². The van der Waals surface area contributed by atoms with Crippen LogP contribution in [-0.4, -0.2) is 52.8 Å². The second-order valence-corrected chi connectivity index (χ2v) is 8.56. The van der Waals surface area contributed by atoms with Crippen LogP contribution in [0.1, 0.15) is 29.8 Å². The first-order valence-corrected chi connectivity index (χ1v) is 11.6. The fourth-order valence-electron chi connectivity index (χ4n) is 2.90. The van der Waals surface area contributed by atoms with Gasteiger partial charge in [0.25, 0.3) is 5.91 Å². The second-order valence-electron chi connectivity index (χ2n) is 6.69. The molecule has 0 atom stereocenters. The molecule has 1 heterocycles. The van der Waals surface area contributed by atoms with Gasteiger partial charge in [0.15, 0.2) is 11.8 Å². The Bertz CT molecular complexity index is 1150. The van der Waals surface area contributed by atoms with Gasteiger partial charge in [0.05, 0.1) is 27.2 Å². The van der Waals surface area contributed by atoms with Crippen molar-refractivity contribution in [1.29, 1.82) is 0 Å². The topological polar surface area (TPSA) is 106 Å². The number of carboxylic acids is 1. The van der Waals surface area contributed by atoms with Gasteiger partial charge in [-0.1, -0.05) is 12.1 Å². The fraction of sp³-hybridized carbons (Fsp3) is 0.217. The molecule has 33 heavy (non-hydrogen) atoms. The van der Waals surface area contributed by atoms with E-state index < -0.39 is 11.9 Å². The maximum absolute atomic E-state index is 12.9. The molecule has 1 saturated heterocycles. The van der Waals surface area contributed by atoms with Crippen molar-refractivity contribution in [2.24, 2.45) is 4.99 Å². The lowest BCUT2D eigenvalue weighted by Crippen LogP contribution is -2.28. The zero-order valence-electron chi connectivity index (χ0n) is 17.9. The van der Waals surface area contributed by atoms with Crippen molar-refractivity contribution < 1.29 is 29.0 Å². The zero-order valence-corrected chi connectivity index (χ0v) is 20.3. The zero-order chi connectivity index (χ0) is 24.0. The largest absolute Gasteiger partial charge is 0.481 e. The van der Waals surface area contributed by atoms with Crippen LogP contribution in [-0.2, 0) is 14.3 Å². The number of aliphatic imine (C=N–C) groups is 1. The van der Waals surface area contributed by atoms with E-state index in [9.17, 15) is 19.5 Å². The van der Waals surface area contributed by atoms with Crippen molar-refractivity contribution in [3.63, 3.8) is 0 Å². The summed E-state index contributed by atoms with van der Waals surface area (Å²) in [5, 5.41) is 9.66. The van der Waals surface area contributed by atoms with Gasteiger partial charge in [-0.05, 0) is 83.5 Å². The van der Waals surface area contributed by atoms with Gasteiger partial charge in [-0.15, -0.1) is 0 Å². The van der Waals surface area contributed by atoms with Crippen LogP contribution in [0.15, 0.2) is 56.8 Å². The summed E-state index contributed by atoms with van der Waals surface area (Å²) in [5.41, 5.74) is 1.34. The average Bonchev–Trinajstić information content (AvgIpc) is 3.07. The molecule has 0 saturated carbocycles. The lowest BCUT2D eigenvalue weighted by Gasteiger charge is -2.12. The van der Waals surface area contributed by atoms with Crippen LogP contribution >= 0.6 is 27.7 Å². The summed E-state index contributed by atoms with van der Waals surface area (Å²) in [6.07, 6.45) is 1.74. The first kappa shape index (κ1) is 24.5. The number of amidine groups is 1. The van der Waals surface area contributed by atoms with E-state index in [1.54, 1.807) is 43.3 Å². The fourth-order valence-corrected chi connectivity index (χ4v) is 4.48. The molecule has 172 valence electrons. The minimum absolute atomic E-state index is 0.125. The van der Waals surface area contributed by atoms with Gasteiger partial charge < -0.3 is 14.6 Å². The van der Waals surface area contributed by atoms with Crippen LogP contribution in [0.3, 0.4) is 0 Å². The van der Waals surface area contributed by atoms with Gasteiger partial charge in [0, 0.05) is 6.54 Å². The first-order chi connectivity index (χ1) is 15.8. The minimum Gasteiger partial charge on any atom is -0.481 e. The maximum atomic E-state index is 12.9. The number of rotatable bonds is 8. The van der Waals surface area contributed by atoms with Crippen molar-refractivity contribution >= 4 is 62.5 Å². The normalized spacial score (nSPS) is 15.8. The third-order valence-electron chi connectivity index (χ3n) is 4.43. The van der Waals surface area contributed by atoms with Gasteiger partial charge in [0.1, 0.15) is 5.75 Å². The second kappa shape index (κ2) is 11.2. The third-order valence-corrected chi connectivity index (χ3v) is 6.05. The number of hydrogen-bond donors (Lipinski definition) is 1. The Hall–Kier alpha value is -3.11. The van der Waals surface area contributed by atoms with Crippen LogP contribution in [0, 0.1) is 0 Å². The highest BCUT2D eigenvalue weighted by Crippen LogP contribution is 2.35. The molecule has 1 aliphatic rings. The highest BCUT2D eigenvalue weighted by molar-refractivity contribution is 9.10. The number of amides is 1. The summed E-state index contributed by atoms with van der Waals surface area (Å²) in [6.45, 7) is 4.07. The molecular weight excluding hydrogens is 512 g/mol. The van der Waals surface area contributed by atoms with Crippen molar-refractivity contribution in [1.82, 2.24) is 4.90 Å². The Morgan fingerprint density at radius 3 is 2.67 bits per heavy atom. The Labute approximate surface area is 203 Å². The van der Waals surface area contributed by atoms with E-state index in [0.717, 1.165) is 5.56 Å². The van der Waals surface area contributed by atoms with E-state index in [2.05, 4.69) is 20.9 Å². The molecule has 1 amide bonds. The van der Waals surface area contributed by atoms with Crippen LogP contribution in [0.25, 0.3) is 6.08 Å². The molecule has 0 radical (unpaired) electrons. The predicted molar refractivity (Wildman–Crippen MR) is 130 cm³/mol. The molecule has 0 bridgehead atoms. The molecule has 3 rings (SSSR count). The van der Waals surface area contributed by atoms with E-state index in [-0.39, 0.29) is 24.7 Å². The molecule has 1 fully saturated rings. The van der Waals surface area contributed by atoms with E-state index in [1.165, 1.54) is 28.8 Å². The average molecular weight is 533 g/mol. The standard InChI is InChI=1S/C23H21BrN2O6S/c1-3-26-21(28)19(33-23(26)25-16-7-5-6-15(12-16)22(29)30)11-14-8-9-18(17(24)10-14)32-13-20(27)31-4-2/h5-12H,3-4,13H2,1-2H3,(H,29,30)/b19-11+,25-23?. The van der Waals surface area contributed by atoms with Crippen molar-refractivity contribution in [3.05, 3.63) is 63.0 Å². The summed E-state index contributed by atoms with van der Waals surface area (Å²) >= 11 is 4.64. The highest BCUT2D eigenvalue weighted by atomic mass is 79.9. The number of hydrogen-bond acceptors (Lipinski definition) is 7. The number of carboxylic acid groups (broad SMARTS) is 1. The maximum Gasteiger partial charge on any atom is 0.344 e. The molecule has 1 aliphatic heterocycles. The number of carbonyl (C=O) groups is 3. The smallest absolute Gasteiger partial charge is 0.344 e. The monoisotopic (exact) mass is 532 g/mol. The molecule has 10 heteroatoms. The highest BCUT2D eigenvalue weighted by Gasteiger charge is 2.32. The number of likely N-dealkylation sites (N-methyl/N-ethyl adjacent to an activating group) is 1. The number of aromatic carboxylic acids is 1. The summed E-state index contributed by atoms with van der Waals surface area (Å²) < 4.78 is 10.9. The van der Waals surface area contributed by atoms with E-state index >= 15 is 0 Å². The molecule has 0 spiro atoms. The summed E-state index contributed by atoms with van der Waals surface area (Å²) in [5.74, 6) is -1.20. The molecule has 1 N–H and O–H groups in total. The quantitative estimate of drug-likeness (QED) is 0.387. The van der Waals surface area contributed by atoms with Gasteiger partial charge in [-0.2, -0.15) is 0 Å². The number of benzene rings is 2. The Morgan fingerprint density at radius 2 is 2.00 bits per heavy atom. The van der Waals surface area contributed by atoms with Crippen LogP contribution in [0.5, 0.6) is 5.75 Å². The lowest BCUT2D eigenvalue weighted by molar-refractivity contribution is -0.145. The number of halogens is 1. The molecule has 0 aromatic heterocycles. The molecular formula is C23H21BrN2O6S. The molecule has 0 aliphatic carbocycles. The molecule has 8 nitrogen and oxygen atoms in total. The summed E-state index contributed by atoms with van der Waals surface area (Å²) in [7, 11) is 0. The Kier molecular flexibility index (Phi) is 8.29. The predicted octanol–water partition coefficient (Wildman–Crippen LogP) is 4.71. The number of ether oxygens (including phenoxy) is 2. The van der Waals surface area contributed by atoms with Gasteiger partial charge in [0.2, 0.25) is 0 Å². The van der Waals surface area contributed by atoms with Gasteiger partial charge in [-0.25, -0.2) is 14.6 Å². The molecule has 2 aromatic rings. The summed E-state index contributed by atoms with van der Waals surface area (Å²) in [4.78, 5) is 42.1. The number of thioether (sulfide) groups is 1. The van der Waals surface area contributed by atoms with Gasteiger partial charge in [-0.3, -0.25) is 9.69 Å². The van der Waals surface area contributed by atoms with Crippen LogP contribution in [0.2, 0.25) is 0 Å². The number of nitrogens with zero attached hydrogens (tertiary/aromatic N) is 2. The van der Waals surface area contributed by atoms with E-state index in [4.69, 9.17) is 9.47 Å². The van der Waals surface area contributed by atoms with Crippen molar-refractivity contribution in [3.8, 4) is 5.75 Å². The van der Waals surface area contributed by atoms with Gasteiger partial charge >= 0.3 is 11.9 Å². The van der Waals surface area contributed by atoms with Crippen molar-refractivity contribution in [2.45, 2.75) is 13.8 Å². The minimum atomic E-state index is -1.04. The molecule has 2 aromatic carbocycles. The van der Waals surface area contributed by atoms with E-state index in [1.807, 2.05) is 6.92 Å².